The largest absolute Gasteiger partial charge is 0.507 e. The molecule has 4 aromatic rings. The molecule has 0 fully saturated rings. The molecule has 29 heavy (non-hydrogen) atoms. The number of methoxy groups -OCH3 is 1. The number of ether oxygens (including phenoxy) is 1. The minimum atomic E-state index is -0.423. The third-order valence-electron chi connectivity index (χ3n) is 4.24. The number of oxazole rings is 1. The zero-order valence-electron chi connectivity index (χ0n) is 15.1. The Morgan fingerprint density at radius 2 is 1.83 bits per heavy atom. The molecular weight excluding hydrogens is 415 g/mol. The van der Waals surface area contributed by atoms with E-state index in [0.717, 1.165) is 0 Å². The molecule has 0 aliphatic carbocycles. The average Bonchev–Trinajstić information content (AvgIpc) is 3.10. The number of phenolic OH excluding ortho intramolecular Hbond substituents is 1. The van der Waals surface area contributed by atoms with E-state index in [1.165, 1.54) is 19.2 Å². The van der Waals surface area contributed by atoms with Crippen molar-refractivity contribution >= 4 is 45.9 Å². The maximum atomic E-state index is 12.6. The van der Waals surface area contributed by atoms with E-state index in [9.17, 15) is 9.90 Å². The number of carbonyl (C=O) groups excluding carboxylic acids is 1. The van der Waals surface area contributed by atoms with Gasteiger partial charge in [-0.05, 0) is 48.5 Å². The Morgan fingerprint density at radius 1 is 1.07 bits per heavy atom. The van der Waals surface area contributed by atoms with Crippen LogP contribution in [-0.2, 0) is 0 Å². The minimum absolute atomic E-state index is 0.0986. The number of phenols is 1. The van der Waals surface area contributed by atoms with Gasteiger partial charge in [-0.25, -0.2) is 4.98 Å². The average molecular weight is 429 g/mol. The number of anilines is 1. The summed E-state index contributed by atoms with van der Waals surface area (Å²) in [7, 11) is 1.47. The van der Waals surface area contributed by atoms with E-state index < -0.39 is 5.91 Å². The number of carbonyl (C=O) groups is 1. The zero-order valence-corrected chi connectivity index (χ0v) is 16.6. The summed E-state index contributed by atoms with van der Waals surface area (Å²) in [4.78, 5) is 16.9. The molecule has 0 aliphatic rings. The van der Waals surface area contributed by atoms with E-state index in [-0.39, 0.29) is 17.2 Å². The molecule has 0 unspecified atom stereocenters. The summed E-state index contributed by atoms with van der Waals surface area (Å²) in [6.07, 6.45) is 0. The van der Waals surface area contributed by atoms with Crippen LogP contribution in [0.4, 0.5) is 5.69 Å². The molecule has 0 radical (unpaired) electrons. The molecular formula is C21H14Cl2N2O4. The van der Waals surface area contributed by atoms with Gasteiger partial charge < -0.3 is 19.6 Å². The Hall–Kier alpha value is -3.22. The van der Waals surface area contributed by atoms with Crippen LogP contribution in [0.3, 0.4) is 0 Å². The topological polar surface area (TPSA) is 84.6 Å². The van der Waals surface area contributed by atoms with Gasteiger partial charge in [0, 0.05) is 21.8 Å². The molecule has 1 amide bonds. The van der Waals surface area contributed by atoms with E-state index in [2.05, 4.69) is 10.3 Å². The highest BCUT2D eigenvalue weighted by Gasteiger charge is 2.16. The number of nitrogens with zero attached hydrogens (tertiary/aromatic N) is 1. The van der Waals surface area contributed by atoms with E-state index in [0.29, 0.717) is 38.1 Å². The summed E-state index contributed by atoms with van der Waals surface area (Å²) in [6.45, 7) is 0. The van der Waals surface area contributed by atoms with Crippen molar-refractivity contribution < 1.29 is 19.1 Å². The molecule has 1 aromatic heterocycles. The number of hydrogen-bond acceptors (Lipinski definition) is 5. The smallest absolute Gasteiger partial charge is 0.259 e. The second-order valence-corrected chi connectivity index (χ2v) is 7.03. The number of aromatic nitrogens is 1. The SMILES string of the molecule is COc1ccc(Cl)cc1C(=O)Nc1ccc(-c2nc3cc(Cl)ccc3o2)c(O)c1. The lowest BCUT2D eigenvalue weighted by atomic mass is 10.1. The van der Waals surface area contributed by atoms with Gasteiger partial charge in [0.1, 0.15) is 17.0 Å². The van der Waals surface area contributed by atoms with E-state index in [4.69, 9.17) is 32.4 Å². The van der Waals surface area contributed by atoms with Crippen LogP contribution in [-0.4, -0.2) is 23.1 Å². The van der Waals surface area contributed by atoms with E-state index in [1.807, 2.05) is 0 Å². The highest BCUT2D eigenvalue weighted by molar-refractivity contribution is 6.31. The van der Waals surface area contributed by atoms with E-state index in [1.54, 1.807) is 42.5 Å². The fourth-order valence-electron chi connectivity index (χ4n) is 2.86. The quantitative estimate of drug-likeness (QED) is 0.430. The van der Waals surface area contributed by atoms with Crippen molar-refractivity contribution in [3.8, 4) is 23.0 Å². The molecule has 0 saturated carbocycles. The Labute approximate surface area is 175 Å². The van der Waals surface area contributed by atoms with Gasteiger partial charge in [0.15, 0.2) is 5.58 Å². The van der Waals surface area contributed by atoms with Crippen LogP contribution in [0.1, 0.15) is 10.4 Å². The van der Waals surface area contributed by atoms with Crippen LogP contribution in [0, 0.1) is 0 Å². The minimum Gasteiger partial charge on any atom is -0.507 e. The van der Waals surface area contributed by atoms with Crippen molar-refractivity contribution in [1.29, 1.82) is 0 Å². The summed E-state index contributed by atoms with van der Waals surface area (Å²) < 4.78 is 10.9. The number of amides is 1. The summed E-state index contributed by atoms with van der Waals surface area (Å²) >= 11 is 11.9. The molecule has 1 heterocycles. The fraction of sp³-hybridized carbons (Fsp3) is 0.0476. The van der Waals surface area contributed by atoms with Crippen LogP contribution in [0.25, 0.3) is 22.6 Å². The number of hydrogen-bond donors (Lipinski definition) is 2. The predicted molar refractivity (Wildman–Crippen MR) is 112 cm³/mol. The number of benzene rings is 3. The first-order chi connectivity index (χ1) is 13.9. The monoisotopic (exact) mass is 428 g/mol. The molecule has 0 saturated heterocycles. The van der Waals surface area contributed by atoms with Crippen molar-refractivity contribution in [2.45, 2.75) is 0 Å². The predicted octanol–water partition coefficient (Wildman–Crippen LogP) is 5.77. The molecule has 8 heteroatoms. The van der Waals surface area contributed by atoms with Crippen LogP contribution in [0.2, 0.25) is 10.0 Å². The summed E-state index contributed by atoms with van der Waals surface area (Å²) in [5.74, 6) is 0.110. The number of nitrogens with one attached hydrogen (secondary N) is 1. The van der Waals surface area contributed by atoms with Crippen molar-refractivity contribution in [2.75, 3.05) is 12.4 Å². The Balaban J connectivity index is 1.61. The van der Waals surface area contributed by atoms with Crippen LogP contribution >= 0.6 is 23.2 Å². The summed E-state index contributed by atoms with van der Waals surface area (Å²) in [5, 5.41) is 14.1. The van der Waals surface area contributed by atoms with Gasteiger partial charge in [0.05, 0.1) is 18.2 Å². The standard InChI is InChI=1S/C21H14Cl2N2O4/c1-28-18-6-2-11(22)8-15(18)20(27)24-13-4-5-14(17(26)10-13)21-25-16-9-12(23)3-7-19(16)29-21/h2-10,26H,1H3,(H,24,27). The lowest BCUT2D eigenvalue weighted by molar-refractivity contribution is 0.102. The molecule has 146 valence electrons. The molecule has 3 aromatic carbocycles. The maximum absolute atomic E-state index is 12.6. The number of rotatable bonds is 4. The third kappa shape index (κ3) is 3.85. The first-order valence-corrected chi connectivity index (χ1v) is 9.24. The van der Waals surface area contributed by atoms with Crippen molar-refractivity contribution in [3.63, 3.8) is 0 Å². The molecule has 0 spiro atoms. The molecule has 4 rings (SSSR count). The lowest BCUT2D eigenvalue weighted by Gasteiger charge is -2.10. The Morgan fingerprint density at radius 3 is 2.59 bits per heavy atom. The van der Waals surface area contributed by atoms with E-state index >= 15 is 0 Å². The molecule has 0 atom stereocenters. The lowest BCUT2D eigenvalue weighted by Crippen LogP contribution is -2.13. The molecule has 0 bridgehead atoms. The Kier molecular flexibility index (Phi) is 5.05. The molecule has 2 N–H and O–H groups in total. The van der Waals surface area contributed by atoms with Gasteiger partial charge in [-0.2, -0.15) is 0 Å². The van der Waals surface area contributed by atoms with Gasteiger partial charge in [0.2, 0.25) is 5.89 Å². The van der Waals surface area contributed by atoms with Crippen LogP contribution in [0.15, 0.2) is 59.0 Å². The van der Waals surface area contributed by atoms with Crippen molar-refractivity contribution in [3.05, 3.63) is 70.2 Å². The van der Waals surface area contributed by atoms with Gasteiger partial charge >= 0.3 is 0 Å². The summed E-state index contributed by atoms with van der Waals surface area (Å²) in [5.41, 5.74) is 2.18. The van der Waals surface area contributed by atoms with Crippen molar-refractivity contribution in [2.24, 2.45) is 0 Å². The van der Waals surface area contributed by atoms with Gasteiger partial charge in [-0.3, -0.25) is 4.79 Å². The van der Waals surface area contributed by atoms with Gasteiger partial charge in [-0.1, -0.05) is 23.2 Å². The first kappa shape index (κ1) is 19.1. The van der Waals surface area contributed by atoms with Crippen molar-refractivity contribution in [1.82, 2.24) is 4.98 Å². The Bertz CT molecular complexity index is 1240. The maximum Gasteiger partial charge on any atom is 0.259 e. The number of fused-ring (bicyclic) bond motifs is 1. The van der Waals surface area contributed by atoms with Crippen LogP contribution in [0.5, 0.6) is 11.5 Å². The second kappa shape index (κ2) is 7.66. The fourth-order valence-corrected chi connectivity index (χ4v) is 3.20. The first-order valence-electron chi connectivity index (χ1n) is 8.49. The molecule has 0 aliphatic heterocycles. The van der Waals surface area contributed by atoms with Gasteiger partial charge in [0.25, 0.3) is 5.91 Å². The second-order valence-electron chi connectivity index (χ2n) is 6.16. The zero-order chi connectivity index (χ0) is 20.5. The number of halogens is 2. The highest BCUT2D eigenvalue weighted by atomic mass is 35.5. The van der Waals surface area contributed by atoms with Crippen LogP contribution < -0.4 is 10.1 Å². The third-order valence-corrected chi connectivity index (χ3v) is 4.71. The molecule has 6 nitrogen and oxygen atoms in total. The van der Waals surface area contributed by atoms with Gasteiger partial charge in [-0.15, -0.1) is 0 Å². The highest BCUT2D eigenvalue weighted by Crippen LogP contribution is 2.34. The summed E-state index contributed by atoms with van der Waals surface area (Å²) in [6, 6.07) is 14.5. The normalized spacial score (nSPS) is 10.9. The number of aromatic hydroxyl groups is 1.